The van der Waals surface area contributed by atoms with Crippen LogP contribution in [0.3, 0.4) is 0 Å². The van der Waals surface area contributed by atoms with Gasteiger partial charge in [0.15, 0.2) is 5.69 Å². The molecule has 0 aliphatic carbocycles. The van der Waals surface area contributed by atoms with E-state index in [9.17, 15) is 25.4 Å². The van der Waals surface area contributed by atoms with Crippen LogP contribution in [-0.4, -0.2) is 18.8 Å². The largest absolute Gasteiger partial charge is 0.268 e. The van der Waals surface area contributed by atoms with Crippen molar-refractivity contribution in [2.45, 2.75) is 27.7 Å². The maximum atomic E-state index is 13.6. The van der Waals surface area contributed by atoms with Crippen molar-refractivity contribution in [1.82, 2.24) is 18.8 Å². The predicted molar refractivity (Wildman–Crippen MR) is 366 cm³/mol. The van der Waals surface area contributed by atoms with Crippen molar-refractivity contribution in [2.24, 2.45) is 0 Å². The highest BCUT2D eigenvalue weighted by atomic mass is 16.1. The predicted octanol–water partition coefficient (Wildman–Crippen LogP) is 18.7. The first kappa shape index (κ1) is 59.1. The Balaban J connectivity index is 0.000000130. The molecule has 0 aliphatic rings. The molecule has 0 N–H and O–H groups in total. The van der Waals surface area contributed by atoms with Gasteiger partial charge in [0.2, 0.25) is 0 Å². The summed E-state index contributed by atoms with van der Waals surface area (Å²) < 4.78 is 3.18. The number of fused-ring (bicyclic) bond motifs is 8. The molecule has 0 aliphatic heterocycles. The van der Waals surface area contributed by atoms with Crippen molar-refractivity contribution in [3.63, 3.8) is 0 Å². The number of aryl methyl sites for hydroxylation is 4. The fourth-order valence-electron chi connectivity index (χ4n) is 11.1. The molecule has 90 heavy (non-hydrogen) atoms. The monoisotopic (exact) mass is 1160 g/mol. The third kappa shape index (κ3) is 12.1. The molecule has 10 nitrogen and oxygen atoms in total. The zero-order valence-corrected chi connectivity index (χ0v) is 49.8. The van der Waals surface area contributed by atoms with Crippen LogP contribution < -0.4 is 11.1 Å². The van der Waals surface area contributed by atoms with E-state index in [0.29, 0.717) is 66.5 Å². The number of hydrogen-bond acceptors (Lipinski definition) is 7. The van der Waals surface area contributed by atoms with Gasteiger partial charge in [-0.05, 0) is 117 Å². The number of pyridine rings is 2. The molecule has 0 fully saturated rings. The zero-order chi connectivity index (χ0) is 62.7. The first-order valence-corrected chi connectivity index (χ1v) is 29.1. The SMILES string of the molecule is Cc1ccccc1.Cc1ccccc1.Cc1ccccc1.Cc1ccccc1.N#Cc1ccc2c(c1)nc1c3ccc(-c4ccccc4)c4c(C#N)ccc(c(=O)n21)c43.[C-]#[N+]c1ccc2nc3c4ccc(-c5ccccc5)c5c(C#N)ccc(c(=O)n3c2c1)c54. The second-order valence-electron chi connectivity index (χ2n) is 21.5. The molecule has 0 bridgehead atoms. The number of hydrogen-bond donors (Lipinski definition) is 0. The van der Waals surface area contributed by atoms with Gasteiger partial charge in [0.05, 0.1) is 63.5 Å². The van der Waals surface area contributed by atoms with Crippen LogP contribution in [-0.2, 0) is 0 Å². The molecule has 0 unspecified atom stereocenters. The van der Waals surface area contributed by atoms with Crippen LogP contribution in [0.25, 0.3) is 104 Å². The van der Waals surface area contributed by atoms with Gasteiger partial charge in [0.25, 0.3) is 11.1 Å². The quantitative estimate of drug-likeness (QED) is 0.157. The molecule has 0 atom stereocenters. The van der Waals surface area contributed by atoms with E-state index in [2.05, 4.69) is 99.3 Å². The van der Waals surface area contributed by atoms with Gasteiger partial charge in [-0.2, -0.15) is 15.8 Å². The molecular formula is C80H56N8O2. The molecule has 0 radical (unpaired) electrons. The number of imidazole rings is 2. The molecule has 0 saturated carbocycles. The average Bonchev–Trinajstić information content (AvgIpc) is 1.41. The van der Waals surface area contributed by atoms with E-state index in [-0.39, 0.29) is 11.1 Å². The first-order chi connectivity index (χ1) is 44.0. The smallest absolute Gasteiger partial charge is 0.264 e. The summed E-state index contributed by atoms with van der Waals surface area (Å²) in [6.45, 7) is 15.6. The van der Waals surface area contributed by atoms with E-state index in [1.165, 1.54) is 22.3 Å². The summed E-state index contributed by atoms with van der Waals surface area (Å²) in [5.74, 6) is 0. The average molecular weight is 1160 g/mol. The fourth-order valence-corrected chi connectivity index (χ4v) is 11.1. The van der Waals surface area contributed by atoms with Crippen LogP contribution in [0.4, 0.5) is 5.69 Å². The topological polar surface area (TPSA) is 144 Å². The van der Waals surface area contributed by atoms with E-state index < -0.39 is 0 Å². The standard InChI is InChI=1S/2C26H12N4O.4C7H8/c1-28-17-8-12-21-22(13-17)30-25(29-21)19-11-10-18(15-5-3-2-4-6-15)23-16(14-27)7-9-20(24(19)23)26(30)31;27-13-15-6-11-22-21(12-15)29-25-19-10-9-18(16-4-2-1-3-5-16)23-17(14-28)7-8-20(24(19)23)26(31)30(22)25;4*1-7-5-3-2-4-6-7/h2-13H;1-12H;4*2-6H,1H3. The van der Waals surface area contributed by atoms with E-state index in [1.807, 2.05) is 158 Å². The van der Waals surface area contributed by atoms with Gasteiger partial charge < -0.3 is 0 Å². The Bertz CT molecular complexity index is 5280. The van der Waals surface area contributed by atoms with Crippen molar-refractivity contribution in [3.05, 3.63) is 338 Å². The Morgan fingerprint density at radius 2 is 0.744 bits per heavy atom. The summed E-state index contributed by atoms with van der Waals surface area (Å²) in [4.78, 5) is 40.0. The lowest BCUT2D eigenvalue weighted by Gasteiger charge is -2.13. The second kappa shape index (κ2) is 26.8. The molecule has 0 spiro atoms. The highest BCUT2D eigenvalue weighted by molar-refractivity contribution is 6.22. The van der Waals surface area contributed by atoms with Crippen LogP contribution in [0.15, 0.2) is 277 Å². The minimum atomic E-state index is -0.202. The van der Waals surface area contributed by atoms with E-state index in [0.717, 1.165) is 54.6 Å². The van der Waals surface area contributed by atoms with Gasteiger partial charge in [-0.1, -0.05) is 222 Å². The third-order valence-corrected chi connectivity index (χ3v) is 15.4. The highest BCUT2D eigenvalue weighted by Gasteiger charge is 2.22. The minimum Gasteiger partial charge on any atom is -0.268 e. The lowest BCUT2D eigenvalue weighted by Crippen LogP contribution is -2.13. The lowest BCUT2D eigenvalue weighted by molar-refractivity contribution is 1.19. The van der Waals surface area contributed by atoms with Gasteiger partial charge in [-0.25, -0.2) is 14.8 Å². The number of benzene rings is 12. The molecule has 16 rings (SSSR count). The van der Waals surface area contributed by atoms with E-state index in [1.54, 1.807) is 69.5 Å². The van der Waals surface area contributed by atoms with Crippen LogP contribution in [0.1, 0.15) is 38.9 Å². The summed E-state index contributed by atoms with van der Waals surface area (Å²) in [6.07, 6.45) is 0. The Morgan fingerprint density at radius 3 is 1.11 bits per heavy atom. The molecule has 0 amide bonds. The van der Waals surface area contributed by atoms with E-state index in [4.69, 9.17) is 16.5 Å². The van der Waals surface area contributed by atoms with Gasteiger partial charge in [-0.15, -0.1) is 0 Å². The molecule has 0 saturated heterocycles. The Kier molecular flexibility index (Phi) is 17.6. The summed E-state index contributed by atoms with van der Waals surface area (Å²) in [7, 11) is 0. The maximum absolute atomic E-state index is 13.6. The first-order valence-electron chi connectivity index (χ1n) is 29.1. The van der Waals surface area contributed by atoms with E-state index >= 15 is 0 Å². The van der Waals surface area contributed by atoms with Crippen LogP contribution >= 0.6 is 0 Å². The lowest BCUT2D eigenvalue weighted by atomic mass is 9.91. The molecule has 10 heteroatoms. The Hall–Kier alpha value is -12.6. The number of rotatable bonds is 2. The van der Waals surface area contributed by atoms with Gasteiger partial charge in [0.1, 0.15) is 11.3 Å². The number of aromatic nitrogens is 4. The van der Waals surface area contributed by atoms with Crippen LogP contribution in [0.5, 0.6) is 0 Å². The molecule has 4 heterocycles. The van der Waals surface area contributed by atoms with Crippen LogP contribution in [0, 0.1) is 68.3 Å². The Labute approximate surface area is 520 Å². The summed E-state index contributed by atoms with van der Waals surface area (Å²) in [6, 6.07) is 92.5. The van der Waals surface area contributed by atoms with Crippen molar-refractivity contribution < 1.29 is 0 Å². The minimum absolute atomic E-state index is 0.186. The van der Waals surface area contributed by atoms with Crippen molar-refractivity contribution in [1.29, 1.82) is 15.8 Å². The summed E-state index contributed by atoms with van der Waals surface area (Å²) in [5.41, 5.74) is 14.3. The fraction of sp³-hybridized carbons (Fsp3) is 0.0500. The van der Waals surface area contributed by atoms with Gasteiger partial charge in [0, 0.05) is 43.1 Å². The number of nitrogens with zero attached hydrogens (tertiary/aromatic N) is 8. The van der Waals surface area contributed by atoms with Gasteiger partial charge in [-0.3, -0.25) is 18.4 Å². The zero-order valence-electron chi connectivity index (χ0n) is 49.8. The maximum Gasteiger partial charge on any atom is 0.264 e. The molecule has 4 aromatic heterocycles. The number of nitriles is 3. The van der Waals surface area contributed by atoms with Crippen molar-refractivity contribution in [2.75, 3.05) is 0 Å². The highest BCUT2D eigenvalue weighted by Crippen LogP contribution is 2.40. The summed E-state index contributed by atoms with van der Waals surface area (Å²) >= 11 is 0. The van der Waals surface area contributed by atoms with Gasteiger partial charge >= 0.3 is 0 Å². The third-order valence-electron chi connectivity index (χ3n) is 15.4. The summed E-state index contributed by atoms with van der Waals surface area (Å²) in [5, 5.41) is 34.6. The van der Waals surface area contributed by atoms with Crippen LogP contribution in [0.2, 0.25) is 0 Å². The second-order valence-corrected chi connectivity index (χ2v) is 21.5. The normalized spacial score (nSPS) is 10.5. The van der Waals surface area contributed by atoms with Crippen molar-refractivity contribution in [3.8, 4) is 40.5 Å². The molecule has 12 aromatic carbocycles. The molecular weight excluding hydrogens is 1100 g/mol. The van der Waals surface area contributed by atoms with Crippen molar-refractivity contribution >= 4 is 82.1 Å². The Morgan fingerprint density at radius 1 is 0.367 bits per heavy atom. The molecule has 428 valence electrons. The molecule has 16 aromatic rings.